The summed E-state index contributed by atoms with van der Waals surface area (Å²) in [4.78, 5) is 0. The Labute approximate surface area is 85.1 Å². The van der Waals surface area contributed by atoms with E-state index >= 15 is 0 Å². The first kappa shape index (κ1) is 11.1. The normalized spacial score (nSPS) is 27.5. The zero-order chi connectivity index (χ0) is 6.69. The van der Waals surface area contributed by atoms with Gasteiger partial charge in [0, 0.05) is 12.4 Å². The van der Waals surface area contributed by atoms with Crippen LogP contribution in [0, 0.1) is 5.92 Å². The van der Waals surface area contributed by atoms with Gasteiger partial charge in [0.15, 0.2) is 0 Å². The summed E-state index contributed by atoms with van der Waals surface area (Å²) in [5.74, 6) is 0.517. The van der Waals surface area contributed by atoms with Gasteiger partial charge in [0.2, 0.25) is 0 Å². The summed E-state index contributed by atoms with van der Waals surface area (Å²) in [5.41, 5.74) is 0. The van der Waals surface area contributed by atoms with Crippen LogP contribution in [-0.4, -0.2) is 27.7 Å². The maximum atomic E-state index is 10.1. The molecule has 0 saturated carbocycles. The van der Waals surface area contributed by atoms with Crippen LogP contribution in [0.15, 0.2) is 0 Å². The van der Waals surface area contributed by atoms with Crippen LogP contribution in [-0.2, 0) is 15.8 Å². The Morgan fingerprint density at radius 2 is 2.40 bits per heavy atom. The van der Waals surface area contributed by atoms with Gasteiger partial charge < -0.3 is 9.29 Å². The third-order valence-electron chi connectivity index (χ3n) is 1.40. The van der Waals surface area contributed by atoms with Crippen molar-refractivity contribution in [2.75, 3.05) is 19.0 Å². The van der Waals surface area contributed by atoms with Gasteiger partial charge in [0.25, 0.3) is 0 Å². The standard InChI is InChI=1S/C5H10O3S.Na/c6-9(7)4-5-1-2-8-3-5;/h5H,1-4H2,(H,6,7);/q;+1/p-1. The first-order chi connectivity index (χ1) is 4.29. The average Bonchev–Trinajstić information content (AvgIpc) is 2.15. The van der Waals surface area contributed by atoms with Gasteiger partial charge in [-0.2, -0.15) is 0 Å². The maximum absolute atomic E-state index is 10.1. The molecule has 10 heavy (non-hydrogen) atoms. The van der Waals surface area contributed by atoms with Gasteiger partial charge >= 0.3 is 29.6 Å². The molecule has 1 aliphatic heterocycles. The minimum atomic E-state index is -1.89. The molecule has 5 heteroatoms. The van der Waals surface area contributed by atoms with E-state index in [1.807, 2.05) is 0 Å². The molecule has 0 bridgehead atoms. The molecule has 2 unspecified atom stereocenters. The molecule has 0 radical (unpaired) electrons. The van der Waals surface area contributed by atoms with E-state index in [1.54, 1.807) is 0 Å². The van der Waals surface area contributed by atoms with Gasteiger partial charge in [0.1, 0.15) is 0 Å². The molecule has 0 aromatic rings. The van der Waals surface area contributed by atoms with E-state index in [2.05, 4.69) is 0 Å². The van der Waals surface area contributed by atoms with Crippen LogP contribution < -0.4 is 29.6 Å². The third kappa shape index (κ3) is 4.05. The van der Waals surface area contributed by atoms with Crippen LogP contribution in [0.5, 0.6) is 0 Å². The van der Waals surface area contributed by atoms with Crippen molar-refractivity contribution in [2.24, 2.45) is 5.92 Å². The third-order valence-corrected chi connectivity index (χ3v) is 2.14. The number of ether oxygens (including phenoxy) is 1. The minimum absolute atomic E-state index is 0. The summed E-state index contributed by atoms with van der Waals surface area (Å²) in [6.45, 7) is 1.34. The first-order valence-electron chi connectivity index (χ1n) is 2.92. The monoisotopic (exact) mass is 172 g/mol. The summed E-state index contributed by atoms with van der Waals surface area (Å²) in [6.07, 6.45) is 0.897. The van der Waals surface area contributed by atoms with Crippen LogP contribution in [0.3, 0.4) is 0 Å². The Morgan fingerprint density at radius 3 is 2.80 bits per heavy atom. The minimum Gasteiger partial charge on any atom is -0.772 e. The zero-order valence-electron chi connectivity index (χ0n) is 6.04. The van der Waals surface area contributed by atoms with Gasteiger partial charge in [-0.15, -0.1) is 0 Å². The Bertz CT molecular complexity index is 113. The molecule has 3 nitrogen and oxygen atoms in total. The molecule has 1 heterocycles. The van der Waals surface area contributed by atoms with E-state index in [9.17, 15) is 8.76 Å². The molecule has 54 valence electrons. The fraction of sp³-hybridized carbons (Fsp3) is 1.00. The van der Waals surface area contributed by atoms with E-state index in [4.69, 9.17) is 4.74 Å². The van der Waals surface area contributed by atoms with E-state index < -0.39 is 11.1 Å². The van der Waals surface area contributed by atoms with E-state index in [0.29, 0.717) is 6.61 Å². The van der Waals surface area contributed by atoms with E-state index in [0.717, 1.165) is 13.0 Å². The van der Waals surface area contributed by atoms with Crippen LogP contribution in [0.25, 0.3) is 0 Å². The summed E-state index contributed by atoms with van der Waals surface area (Å²) in [5, 5.41) is 0. The molecule has 1 rings (SSSR count). The maximum Gasteiger partial charge on any atom is 1.00 e. The van der Waals surface area contributed by atoms with E-state index in [-0.39, 0.29) is 41.2 Å². The van der Waals surface area contributed by atoms with Crippen molar-refractivity contribution in [3.8, 4) is 0 Å². The quantitative estimate of drug-likeness (QED) is 0.327. The van der Waals surface area contributed by atoms with Crippen molar-refractivity contribution in [1.82, 2.24) is 0 Å². The first-order valence-corrected chi connectivity index (χ1v) is 4.17. The van der Waals surface area contributed by atoms with Crippen LogP contribution in [0.1, 0.15) is 6.42 Å². The predicted molar refractivity (Wildman–Crippen MR) is 32.7 cm³/mol. The number of hydrogen-bond donors (Lipinski definition) is 0. The molecule has 0 spiro atoms. The van der Waals surface area contributed by atoms with E-state index in [1.165, 1.54) is 0 Å². The Kier molecular flexibility index (Phi) is 6.29. The molecule has 1 saturated heterocycles. The second kappa shape index (κ2) is 5.69. The summed E-state index contributed by atoms with van der Waals surface area (Å²) in [6, 6.07) is 0. The van der Waals surface area contributed by atoms with Gasteiger partial charge in [0.05, 0.1) is 6.61 Å². The molecule has 0 aromatic heterocycles. The molecule has 1 fully saturated rings. The topological polar surface area (TPSA) is 49.4 Å². The van der Waals surface area contributed by atoms with Gasteiger partial charge in [-0.05, 0) is 12.3 Å². The zero-order valence-corrected chi connectivity index (χ0v) is 8.86. The number of hydrogen-bond acceptors (Lipinski definition) is 3. The summed E-state index contributed by atoms with van der Waals surface area (Å²) >= 11 is -1.89. The van der Waals surface area contributed by atoms with Crippen molar-refractivity contribution in [2.45, 2.75) is 6.42 Å². The van der Waals surface area contributed by atoms with Crippen LogP contribution in [0.2, 0.25) is 0 Å². The largest absolute Gasteiger partial charge is 1.00 e. The Morgan fingerprint density at radius 1 is 1.70 bits per heavy atom. The van der Waals surface area contributed by atoms with Crippen molar-refractivity contribution in [3.05, 3.63) is 0 Å². The smallest absolute Gasteiger partial charge is 0.772 e. The van der Waals surface area contributed by atoms with Gasteiger partial charge in [-0.1, -0.05) is 11.1 Å². The van der Waals surface area contributed by atoms with Crippen molar-refractivity contribution in [3.63, 3.8) is 0 Å². The van der Waals surface area contributed by atoms with Crippen LogP contribution >= 0.6 is 0 Å². The van der Waals surface area contributed by atoms with Crippen molar-refractivity contribution >= 4 is 11.1 Å². The van der Waals surface area contributed by atoms with Crippen LogP contribution in [0.4, 0.5) is 0 Å². The summed E-state index contributed by atoms with van der Waals surface area (Å²) in [7, 11) is 0. The molecule has 2 atom stereocenters. The second-order valence-corrected chi connectivity index (χ2v) is 3.14. The molecular formula is C5H9NaO3S. The van der Waals surface area contributed by atoms with Crippen molar-refractivity contribution < 1.29 is 43.1 Å². The van der Waals surface area contributed by atoms with Crippen molar-refractivity contribution in [1.29, 1.82) is 0 Å². The fourth-order valence-corrected chi connectivity index (χ4v) is 1.56. The molecule has 1 aliphatic rings. The molecule has 0 aliphatic carbocycles. The summed E-state index contributed by atoms with van der Waals surface area (Å²) < 4.78 is 25.2. The molecular weight excluding hydrogens is 163 g/mol. The predicted octanol–water partition coefficient (Wildman–Crippen LogP) is -3.09. The Balaban J connectivity index is 0.000000810. The Hall–Kier alpha value is 1.07. The van der Waals surface area contributed by atoms with Gasteiger partial charge in [-0.3, -0.25) is 4.21 Å². The van der Waals surface area contributed by atoms with Gasteiger partial charge in [-0.25, -0.2) is 0 Å². The SMILES string of the molecule is O=S([O-])CC1CCOC1.[Na+]. The second-order valence-electron chi connectivity index (χ2n) is 2.20. The fourth-order valence-electron chi connectivity index (χ4n) is 0.907. The molecule has 0 N–H and O–H groups in total. The molecule has 0 amide bonds. The molecule has 0 aromatic carbocycles. The average molecular weight is 172 g/mol. The number of rotatable bonds is 2.